The van der Waals surface area contributed by atoms with Crippen LogP contribution >= 0.6 is 0 Å². The molecule has 0 saturated heterocycles. The third kappa shape index (κ3) is 2.26. The first-order valence-corrected chi connectivity index (χ1v) is 2.96. The van der Waals surface area contributed by atoms with Crippen molar-refractivity contribution in [2.45, 2.75) is 20.3 Å². The second-order valence-electron chi connectivity index (χ2n) is 2.00. The van der Waals surface area contributed by atoms with Gasteiger partial charge in [-0.3, -0.25) is 4.79 Å². The fourth-order valence-corrected chi connectivity index (χ4v) is 0.478. The molecule has 0 fully saturated rings. The van der Waals surface area contributed by atoms with E-state index in [0.717, 1.165) is 0 Å². The summed E-state index contributed by atoms with van der Waals surface area (Å²) in [7, 11) is 0. The molecule has 0 rings (SSSR count). The number of nitrogens with one attached hydrogen (secondary N) is 1. The Balaban J connectivity index is 3.88. The van der Waals surface area contributed by atoms with Crippen LogP contribution in [-0.2, 0) is 4.79 Å². The molecule has 3 N–H and O–H groups in total. The van der Waals surface area contributed by atoms with E-state index in [0.29, 0.717) is 12.1 Å². The Hall–Kier alpha value is -0.860. The van der Waals surface area contributed by atoms with Crippen molar-refractivity contribution in [2.75, 3.05) is 0 Å². The van der Waals surface area contributed by atoms with E-state index in [1.165, 1.54) is 0 Å². The molecule has 0 aromatic rings. The molecule has 0 aliphatic carbocycles. The van der Waals surface area contributed by atoms with Gasteiger partial charge in [0.15, 0.2) is 0 Å². The molecule has 3 nitrogen and oxygen atoms in total. The summed E-state index contributed by atoms with van der Waals surface area (Å²) in [6.07, 6.45) is 0.601. The number of amides is 1. The summed E-state index contributed by atoms with van der Waals surface area (Å²) in [5, 5.41) is 7.17. The summed E-state index contributed by atoms with van der Waals surface area (Å²) < 4.78 is 0. The van der Waals surface area contributed by atoms with Crippen LogP contribution in [-0.4, -0.2) is 11.6 Å². The number of hydrogen-bond donors (Lipinski definition) is 2. The van der Waals surface area contributed by atoms with E-state index in [9.17, 15) is 4.79 Å². The molecule has 3 heteroatoms. The highest BCUT2D eigenvalue weighted by atomic mass is 16.1. The molecule has 0 aliphatic heterocycles. The van der Waals surface area contributed by atoms with Crippen molar-refractivity contribution in [3.8, 4) is 0 Å². The second-order valence-corrected chi connectivity index (χ2v) is 2.00. The van der Waals surface area contributed by atoms with Gasteiger partial charge in [0.1, 0.15) is 0 Å². The molecule has 0 aromatic heterocycles. The molecule has 1 amide bonds. The Morgan fingerprint density at radius 2 is 2.22 bits per heavy atom. The van der Waals surface area contributed by atoms with Gasteiger partial charge in [-0.05, 0) is 13.3 Å². The highest BCUT2D eigenvalue weighted by molar-refractivity contribution is 6.01. The predicted octanol–water partition coefficient (Wildman–Crippen LogP) is 0.538. The highest BCUT2D eigenvalue weighted by Crippen LogP contribution is 1.98. The molecule has 52 valence electrons. The van der Waals surface area contributed by atoms with Crippen LogP contribution in [0.2, 0.25) is 0 Å². The van der Waals surface area contributed by atoms with Gasteiger partial charge in [0, 0.05) is 5.71 Å². The van der Waals surface area contributed by atoms with Gasteiger partial charge in [0.25, 0.3) is 0 Å². The lowest BCUT2D eigenvalue weighted by atomic mass is 10.0. The number of hydrogen-bond acceptors (Lipinski definition) is 2. The van der Waals surface area contributed by atoms with Crippen molar-refractivity contribution < 1.29 is 4.79 Å². The smallest absolute Gasteiger partial charge is 0.225 e. The fraction of sp³-hybridized carbons (Fsp3) is 0.667. The topological polar surface area (TPSA) is 66.9 Å². The minimum Gasteiger partial charge on any atom is -0.369 e. The SMILES string of the molecule is CCC(=N)C(C)C(N)=O. The molecule has 9 heavy (non-hydrogen) atoms. The minimum absolute atomic E-state index is 0.394. The van der Waals surface area contributed by atoms with Crippen LogP contribution in [0.4, 0.5) is 0 Å². The normalized spacial score (nSPS) is 12.7. The summed E-state index contributed by atoms with van der Waals surface area (Å²) >= 11 is 0. The standard InChI is InChI=1S/C6H12N2O/c1-3-5(7)4(2)6(8)9/h4,7H,3H2,1-2H3,(H2,8,9). The Kier molecular flexibility index (Phi) is 2.91. The van der Waals surface area contributed by atoms with Gasteiger partial charge in [-0.15, -0.1) is 0 Å². The zero-order valence-electron chi connectivity index (χ0n) is 5.77. The van der Waals surface area contributed by atoms with Crippen LogP contribution in [0.1, 0.15) is 20.3 Å². The van der Waals surface area contributed by atoms with Gasteiger partial charge in [0.2, 0.25) is 5.91 Å². The molecular weight excluding hydrogens is 116 g/mol. The summed E-state index contributed by atoms with van der Waals surface area (Å²) in [5.74, 6) is -0.808. The Labute approximate surface area is 54.8 Å². The molecule has 1 unspecified atom stereocenters. The lowest BCUT2D eigenvalue weighted by Gasteiger charge is -2.04. The van der Waals surface area contributed by atoms with E-state index in [1.807, 2.05) is 6.92 Å². The van der Waals surface area contributed by atoms with Crippen molar-refractivity contribution in [1.82, 2.24) is 0 Å². The molecule has 0 aromatic carbocycles. The van der Waals surface area contributed by atoms with E-state index in [4.69, 9.17) is 11.1 Å². The molecule has 0 saturated carbocycles. The second kappa shape index (κ2) is 3.22. The summed E-state index contributed by atoms with van der Waals surface area (Å²) in [5.41, 5.74) is 5.34. The minimum atomic E-state index is -0.415. The van der Waals surface area contributed by atoms with Crippen LogP contribution in [0, 0.1) is 11.3 Å². The number of rotatable bonds is 3. The number of primary amides is 1. The number of carbonyl (C=O) groups excluding carboxylic acids is 1. The van der Waals surface area contributed by atoms with E-state index in [1.54, 1.807) is 6.92 Å². The Morgan fingerprint density at radius 1 is 1.78 bits per heavy atom. The Bertz CT molecular complexity index is 131. The predicted molar refractivity (Wildman–Crippen MR) is 36.4 cm³/mol. The first-order chi connectivity index (χ1) is 4.09. The van der Waals surface area contributed by atoms with Gasteiger partial charge >= 0.3 is 0 Å². The van der Waals surface area contributed by atoms with Gasteiger partial charge in [-0.2, -0.15) is 0 Å². The summed E-state index contributed by atoms with van der Waals surface area (Å²) in [4.78, 5) is 10.4. The molecule has 1 atom stereocenters. The lowest BCUT2D eigenvalue weighted by molar-refractivity contribution is -0.119. The first-order valence-electron chi connectivity index (χ1n) is 2.96. The average Bonchev–Trinajstić information content (AvgIpc) is 1.84. The molecule has 0 bridgehead atoms. The third-order valence-corrected chi connectivity index (χ3v) is 1.33. The van der Waals surface area contributed by atoms with Crippen LogP contribution in [0.5, 0.6) is 0 Å². The van der Waals surface area contributed by atoms with Gasteiger partial charge < -0.3 is 11.1 Å². The Morgan fingerprint density at radius 3 is 2.33 bits per heavy atom. The zero-order chi connectivity index (χ0) is 7.44. The maximum absolute atomic E-state index is 10.4. The molecule has 0 spiro atoms. The third-order valence-electron chi connectivity index (χ3n) is 1.33. The molecule has 0 aliphatic rings. The fourth-order valence-electron chi connectivity index (χ4n) is 0.478. The highest BCUT2D eigenvalue weighted by Gasteiger charge is 2.11. The molecule has 0 radical (unpaired) electrons. The van der Waals surface area contributed by atoms with Crippen molar-refractivity contribution in [3.63, 3.8) is 0 Å². The van der Waals surface area contributed by atoms with Gasteiger partial charge in [-0.1, -0.05) is 6.92 Å². The van der Waals surface area contributed by atoms with Crippen molar-refractivity contribution in [3.05, 3.63) is 0 Å². The van der Waals surface area contributed by atoms with Crippen molar-refractivity contribution in [1.29, 1.82) is 5.41 Å². The van der Waals surface area contributed by atoms with Crippen LogP contribution in [0.3, 0.4) is 0 Å². The molecular formula is C6H12N2O. The van der Waals surface area contributed by atoms with E-state index >= 15 is 0 Å². The quantitative estimate of drug-likeness (QED) is 0.535. The monoisotopic (exact) mass is 128 g/mol. The average molecular weight is 128 g/mol. The summed E-state index contributed by atoms with van der Waals surface area (Å²) in [6, 6.07) is 0. The first kappa shape index (κ1) is 8.14. The van der Waals surface area contributed by atoms with Crippen molar-refractivity contribution >= 4 is 11.6 Å². The number of carbonyl (C=O) groups is 1. The summed E-state index contributed by atoms with van der Waals surface area (Å²) in [6.45, 7) is 3.48. The van der Waals surface area contributed by atoms with E-state index in [2.05, 4.69) is 0 Å². The van der Waals surface area contributed by atoms with E-state index < -0.39 is 11.8 Å². The van der Waals surface area contributed by atoms with Gasteiger partial charge in [-0.25, -0.2) is 0 Å². The largest absolute Gasteiger partial charge is 0.369 e. The zero-order valence-corrected chi connectivity index (χ0v) is 5.77. The number of nitrogens with two attached hydrogens (primary N) is 1. The van der Waals surface area contributed by atoms with Crippen LogP contribution < -0.4 is 5.73 Å². The van der Waals surface area contributed by atoms with Gasteiger partial charge in [0.05, 0.1) is 5.92 Å². The van der Waals surface area contributed by atoms with Crippen LogP contribution in [0.15, 0.2) is 0 Å². The van der Waals surface area contributed by atoms with Crippen LogP contribution in [0.25, 0.3) is 0 Å². The van der Waals surface area contributed by atoms with Crippen molar-refractivity contribution in [2.24, 2.45) is 11.7 Å². The lowest BCUT2D eigenvalue weighted by Crippen LogP contribution is -2.26. The maximum atomic E-state index is 10.4. The van der Waals surface area contributed by atoms with E-state index in [-0.39, 0.29) is 0 Å². The molecule has 0 heterocycles. The maximum Gasteiger partial charge on any atom is 0.225 e.